The Kier molecular flexibility index (Phi) is 5.58. The molecule has 1 heterocycles. The van der Waals surface area contributed by atoms with Crippen LogP contribution in [-0.4, -0.2) is 39.5 Å². The average molecular weight is 315 g/mol. The van der Waals surface area contributed by atoms with E-state index >= 15 is 0 Å². The molecule has 0 amide bonds. The van der Waals surface area contributed by atoms with Crippen LogP contribution in [0.4, 0.5) is 0 Å². The lowest BCUT2D eigenvalue weighted by atomic mass is 10.1. The number of nitrogens with one attached hydrogen (secondary N) is 1. The standard InChI is InChI=1S/C18H25N3O2/c1-14(21-10-9-19-13-21)16-7-5-6-8-17(16)23-12-15(22)11-20-18(2,3)4/h5-10,13,15,20,22H,1,11-12H2,2-4H3. The number of aromatic nitrogens is 2. The van der Waals surface area contributed by atoms with Crippen LogP contribution in [0.15, 0.2) is 49.6 Å². The monoisotopic (exact) mass is 315 g/mol. The molecule has 1 aromatic carbocycles. The van der Waals surface area contributed by atoms with Crippen molar-refractivity contribution in [2.24, 2.45) is 0 Å². The lowest BCUT2D eigenvalue weighted by Gasteiger charge is -2.23. The van der Waals surface area contributed by atoms with E-state index < -0.39 is 6.10 Å². The van der Waals surface area contributed by atoms with Crippen LogP contribution in [-0.2, 0) is 0 Å². The molecule has 23 heavy (non-hydrogen) atoms. The third-order valence-electron chi connectivity index (χ3n) is 3.31. The summed E-state index contributed by atoms with van der Waals surface area (Å²) in [6.45, 7) is 11.0. The van der Waals surface area contributed by atoms with Gasteiger partial charge in [0.15, 0.2) is 0 Å². The fourth-order valence-corrected chi connectivity index (χ4v) is 2.06. The molecule has 0 aliphatic carbocycles. The van der Waals surface area contributed by atoms with Gasteiger partial charge in [0, 0.05) is 30.0 Å². The maximum absolute atomic E-state index is 10.1. The van der Waals surface area contributed by atoms with E-state index in [1.165, 1.54) is 0 Å². The van der Waals surface area contributed by atoms with Crippen molar-refractivity contribution >= 4 is 5.70 Å². The molecule has 124 valence electrons. The number of para-hydroxylation sites is 1. The lowest BCUT2D eigenvalue weighted by molar-refractivity contribution is 0.0999. The smallest absolute Gasteiger partial charge is 0.128 e. The molecule has 0 bridgehead atoms. The molecule has 5 nitrogen and oxygen atoms in total. The van der Waals surface area contributed by atoms with Gasteiger partial charge in [-0.05, 0) is 32.9 Å². The SMILES string of the molecule is C=C(c1ccccc1OCC(O)CNC(C)(C)C)n1ccnc1. The van der Waals surface area contributed by atoms with Crippen LogP contribution >= 0.6 is 0 Å². The van der Waals surface area contributed by atoms with Crippen molar-refractivity contribution in [1.29, 1.82) is 0 Å². The summed E-state index contributed by atoms with van der Waals surface area (Å²) in [5.74, 6) is 0.695. The minimum absolute atomic E-state index is 0.0331. The predicted octanol–water partition coefficient (Wildman–Crippen LogP) is 2.53. The second-order valence-corrected chi connectivity index (χ2v) is 6.51. The van der Waals surface area contributed by atoms with Gasteiger partial charge < -0.3 is 19.7 Å². The lowest BCUT2D eigenvalue weighted by Crippen LogP contribution is -2.42. The summed E-state index contributed by atoms with van der Waals surface area (Å²) in [6, 6.07) is 7.65. The molecule has 0 fully saturated rings. The summed E-state index contributed by atoms with van der Waals surface area (Å²) in [7, 11) is 0. The number of benzene rings is 1. The Balaban J connectivity index is 1.99. The fourth-order valence-electron chi connectivity index (χ4n) is 2.06. The number of ether oxygens (including phenoxy) is 1. The van der Waals surface area contributed by atoms with Gasteiger partial charge in [0.25, 0.3) is 0 Å². The summed E-state index contributed by atoms with van der Waals surface area (Å²) in [4.78, 5) is 4.03. The maximum Gasteiger partial charge on any atom is 0.128 e. The van der Waals surface area contributed by atoms with Gasteiger partial charge in [-0.1, -0.05) is 18.7 Å². The van der Waals surface area contributed by atoms with Crippen LogP contribution in [0.3, 0.4) is 0 Å². The van der Waals surface area contributed by atoms with Gasteiger partial charge in [0.05, 0.1) is 12.0 Å². The van der Waals surface area contributed by atoms with Crippen LogP contribution in [0.2, 0.25) is 0 Å². The van der Waals surface area contributed by atoms with E-state index in [4.69, 9.17) is 4.74 Å². The molecule has 0 aliphatic rings. The van der Waals surface area contributed by atoms with Crippen LogP contribution < -0.4 is 10.1 Å². The first-order valence-electron chi connectivity index (χ1n) is 7.69. The summed E-state index contributed by atoms with van der Waals surface area (Å²) in [6.07, 6.45) is 4.66. The zero-order valence-corrected chi connectivity index (χ0v) is 14.0. The van der Waals surface area contributed by atoms with E-state index in [9.17, 15) is 5.11 Å². The third kappa shape index (κ3) is 5.23. The van der Waals surface area contributed by atoms with Crippen LogP contribution in [0, 0.1) is 0 Å². The summed E-state index contributed by atoms with van der Waals surface area (Å²) in [5, 5.41) is 13.3. The normalized spacial score (nSPS) is 12.9. The second-order valence-electron chi connectivity index (χ2n) is 6.51. The Morgan fingerprint density at radius 2 is 2.13 bits per heavy atom. The highest BCUT2D eigenvalue weighted by Crippen LogP contribution is 2.26. The molecule has 2 N–H and O–H groups in total. The third-order valence-corrected chi connectivity index (χ3v) is 3.31. The van der Waals surface area contributed by atoms with E-state index in [-0.39, 0.29) is 12.1 Å². The molecule has 1 aromatic heterocycles. The topological polar surface area (TPSA) is 59.3 Å². The molecule has 2 rings (SSSR count). The number of nitrogens with zero attached hydrogens (tertiary/aromatic N) is 2. The molecule has 0 saturated carbocycles. The summed E-state index contributed by atoms with van der Waals surface area (Å²) in [5.41, 5.74) is 1.62. The number of aliphatic hydroxyl groups excluding tert-OH is 1. The van der Waals surface area contributed by atoms with Crippen molar-refractivity contribution in [3.63, 3.8) is 0 Å². The number of hydrogen-bond acceptors (Lipinski definition) is 4. The van der Waals surface area contributed by atoms with Crippen molar-refractivity contribution in [2.45, 2.75) is 32.4 Å². The minimum atomic E-state index is -0.580. The van der Waals surface area contributed by atoms with Crippen molar-refractivity contribution in [3.05, 3.63) is 55.1 Å². The van der Waals surface area contributed by atoms with E-state index in [2.05, 4.69) is 37.7 Å². The second kappa shape index (κ2) is 7.44. The zero-order valence-electron chi connectivity index (χ0n) is 14.0. The van der Waals surface area contributed by atoms with Gasteiger partial charge in [0.1, 0.15) is 18.5 Å². The molecule has 2 aromatic rings. The minimum Gasteiger partial charge on any atom is -0.490 e. The Bertz CT molecular complexity index is 630. The van der Waals surface area contributed by atoms with Gasteiger partial charge in [-0.3, -0.25) is 0 Å². The molecule has 0 aliphatic heterocycles. The van der Waals surface area contributed by atoms with Crippen molar-refractivity contribution in [2.75, 3.05) is 13.2 Å². The van der Waals surface area contributed by atoms with E-state index in [0.29, 0.717) is 12.3 Å². The highest BCUT2D eigenvalue weighted by Gasteiger charge is 2.14. The highest BCUT2D eigenvalue weighted by molar-refractivity contribution is 5.68. The maximum atomic E-state index is 10.1. The Morgan fingerprint density at radius 3 is 2.78 bits per heavy atom. The first-order valence-corrected chi connectivity index (χ1v) is 7.69. The van der Waals surface area contributed by atoms with Gasteiger partial charge in [0.2, 0.25) is 0 Å². The Hall–Kier alpha value is -2.11. The number of imidazole rings is 1. The van der Waals surface area contributed by atoms with Gasteiger partial charge in [-0.25, -0.2) is 4.98 Å². The first kappa shape index (κ1) is 17.2. The predicted molar refractivity (Wildman–Crippen MR) is 92.4 cm³/mol. The van der Waals surface area contributed by atoms with Crippen molar-refractivity contribution in [1.82, 2.24) is 14.9 Å². The molecule has 0 radical (unpaired) electrons. The summed E-state index contributed by atoms with van der Waals surface area (Å²) >= 11 is 0. The Morgan fingerprint density at radius 1 is 1.39 bits per heavy atom. The first-order chi connectivity index (χ1) is 10.9. The molecular weight excluding hydrogens is 290 g/mol. The average Bonchev–Trinajstić information content (AvgIpc) is 3.04. The van der Waals surface area contributed by atoms with E-state index in [1.54, 1.807) is 12.5 Å². The van der Waals surface area contributed by atoms with Gasteiger partial charge >= 0.3 is 0 Å². The zero-order chi connectivity index (χ0) is 16.9. The van der Waals surface area contributed by atoms with Crippen LogP contribution in [0.5, 0.6) is 5.75 Å². The fraction of sp³-hybridized carbons (Fsp3) is 0.389. The van der Waals surface area contributed by atoms with Crippen molar-refractivity contribution in [3.8, 4) is 5.75 Å². The summed E-state index contributed by atoms with van der Waals surface area (Å²) < 4.78 is 7.63. The Labute approximate surface area is 137 Å². The highest BCUT2D eigenvalue weighted by atomic mass is 16.5. The number of hydrogen-bond donors (Lipinski definition) is 2. The van der Waals surface area contributed by atoms with Gasteiger partial charge in [-0.2, -0.15) is 0 Å². The molecule has 0 saturated heterocycles. The molecule has 0 spiro atoms. The van der Waals surface area contributed by atoms with Crippen LogP contribution in [0.1, 0.15) is 26.3 Å². The number of aliphatic hydroxyl groups is 1. The molecule has 1 unspecified atom stereocenters. The number of rotatable bonds is 7. The van der Waals surface area contributed by atoms with E-state index in [0.717, 1.165) is 11.3 Å². The molecule has 5 heteroatoms. The van der Waals surface area contributed by atoms with Gasteiger partial charge in [-0.15, -0.1) is 0 Å². The number of β-amino-alcohol motifs (C(OH)–C–C–N with tert-alkyl or cyclic N) is 1. The molecular formula is C18H25N3O2. The van der Waals surface area contributed by atoms with E-state index in [1.807, 2.05) is 35.0 Å². The largest absolute Gasteiger partial charge is 0.490 e. The molecule has 1 atom stereocenters. The van der Waals surface area contributed by atoms with Crippen molar-refractivity contribution < 1.29 is 9.84 Å². The van der Waals surface area contributed by atoms with Crippen LogP contribution in [0.25, 0.3) is 5.70 Å². The quantitative estimate of drug-likeness (QED) is 0.824.